The number of nitrogens with zero attached hydrogens (tertiary/aromatic N) is 3. The van der Waals surface area contributed by atoms with Crippen molar-refractivity contribution in [2.45, 2.75) is 51.7 Å². The van der Waals surface area contributed by atoms with E-state index in [-0.39, 0.29) is 0 Å². The van der Waals surface area contributed by atoms with Gasteiger partial charge in [0.15, 0.2) is 7.98 Å². The summed E-state index contributed by atoms with van der Waals surface area (Å²) in [5.41, 5.74) is 3.74. The molecule has 0 aliphatic carbocycles. The Morgan fingerprint density at radius 3 is 2.61 bits per heavy atom. The number of rotatable bonds is 9. The Bertz CT molecular complexity index is 809. The van der Waals surface area contributed by atoms with Gasteiger partial charge in [-0.2, -0.15) is 0 Å². The van der Waals surface area contributed by atoms with E-state index in [9.17, 15) is 0 Å². The molecule has 0 bridgehead atoms. The van der Waals surface area contributed by atoms with Crippen LogP contribution in [-0.4, -0.2) is 56.7 Å². The number of aryl methyl sites for hydroxylation is 1. The Morgan fingerprint density at radius 2 is 1.87 bits per heavy atom. The molecule has 31 heavy (non-hydrogen) atoms. The molecule has 0 radical (unpaired) electrons. The van der Waals surface area contributed by atoms with Crippen LogP contribution in [0.2, 0.25) is 0 Å². The van der Waals surface area contributed by atoms with Gasteiger partial charge in [-0.25, -0.2) is 0 Å². The van der Waals surface area contributed by atoms with Crippen molar-refractivity contribution >= 4 is 13.7 Å². The van der Waals surface area contributed by atoms with E-state index in [1.807, 2.05) is 12.4 Å². The third kappa shape index (κ3) is 6.47. The standard InChI is InChI=1S/C25H36BN3O2/c1-20-4-6-22(7-5-20)18-30-14-10-21-8-12-28(13-9-21)24-15-25(17-27-16-24)31-19-23-3-2-11-29(23)26/h4-7,15-17,21,23H,2-3,8-14,18-19,26H2,1H3/t23-/m0/s1. The highest BCUT2D eigenvalue weighted by atomic mass is 16.5. The van der Waals surface area contributed by atoms with E-state index in [2.05, 4.69) is 59.9 Å². The molecule has 6 heteroatoms. The van der Waals surface area contributed by atoms with Gasteiger partial charge in [-0.15, -0.1) is 0 Å². The summed E-state index contributed by atoms with van der Waals surface area (Å²) < 4.78 is 12.0. The Kier molecular flexibility index (Phi) is 7.87. The van der Waals surface area contributed by atoms with E-state index in [1.165, 1.54) is 49.0 Å². The second-order valence-corrected chi connectivity index (χ2v) is 9.22. The molecule has 4 rings (SSSR count). The van der Waals surface area contributed by atoms with Crippen LogP contribution in [0.4, 0.5) is 5.69 Å². The largest absolute Gasteiger partial charge is 0.490 e. The minimum absolute atomic E-state index is 0.535. The number of pyridine rings is 1. The second kappa shape index (κ2) is 11.0. The summed E-state index contributed by atoms with van der Waals surface area (Å²) in [6.45, 7) is 7.78. The lowest BCUT2D eigenvalue weighted by atomic mass is 9.94. The Morgan fingerprint density at radius 1 is 1.06 bits per heavy atom. The Labute approximate surface area is 188 Å². The molecule has 2 aromatic rings. The smallest absolute Gasteiger partial charge is 0.185 e. The summed E-state index contributed by atoms with van der Waals surface area (Å²) in [5.74, 6) is 1.64. The first-order valence-electron chi connectivity index (χ1n) is 11.8. The van der Waals surface area contributed by atoms with Gasteiger partial charge in [0.2, 0.25) is 0 Å². The molecule has 0 unspecified atom stereocenters. The molecule has 2 aliphatic rings. The van der Waals surface area contributed by atoms with Crippen molar-refractivity contribution in [2.24, 2.45) is 5.92 Å². The van der Waals surface area contributed by atoms with Crippen LogP contribution in [0.5, 0.6) is 5.75 Å². The van der Waals surface area contributed by atoms with Crippen LogP contribution in [0, 0.1) is 12.8 Å². The van der Waals surface area contributed by atoms with Crippen LogP contribution in [0.25, 0.3) is 0 Å². The van der Waals surface area contributed by atoms with Crippen molar-refractivity contribution < 1.29 is 9.47 Å². The zero-order valence-electron chi connectivity index (χ0n) is 19.1. The molecule has 0 amide bonds. The number of hydrogen-bond acceptors (Lipinski definition) is 5. The van der Waals surface area contributed by atoms with Crippen molar-refractivity contribution in [3.8, 4) is 5.75 Å². The first kappa shape index (κ1) is 22.2. The minimum Gasteiger partial charge on any atom is -0.490 e. The van der Waals surface area contributed by atoms with Crippen LogP contribution in [0.1, 0.15) is 43.2 Å². The zero-order valence-corrected chi connectivity index (χ0v) is 19.1. The lowest BCUT2D eigenvalue weighted by molar-refractivity contribution is 0.104. The molecular weight excluding hydrogens is 385 g/mol. The molecule has 2 fully saturated rings. The second-order valence-electron chi connectivity index (χ2n) is 9.22. The number of benzene rings is 1. The topological polar surface area (TPSA) is 37.8 Å². The molecule has 0 saturated carbocycles. The Balaban J connectivity index is 1.16. The summed E-state index contributed by atoms with van der Waals surface area (Å²) in [6, 6.07) is 11.3. The molecule has 3 heterocycles. The van der Waals surface area contributed by atoms with Crippen LogP contribution < -0.4 is 9.64 Å². The number of ether oxygens (including phenoxy) is 2. The van der Waals surface area contributed by atoms with Crippen molar-refractivity contribution in [2.75, 3.05) is 37.7 Å². The fourth-order valence-corrected chi connectivity index (χ4v) is 4.65. The normalized spacial score (nSPS) is 20.3. The predicted molar refractivity (Wildman–Crippen MR) is 128 cm³/mol. The number of piperidine rings is 1. The fourth-order valence-electron chi connectivity index (χ4n) is 4.65. The van der Waals surface area contributed by atoms with Crippen molar-refractivity contribution in [1.29, 1.82) is 0 Å². The molecule has 2 aliphatic heterocycles. The summed E-state index contributed by atoms with van der Waals surface area (Å²) in [6.07, 6.45) is 9.89. The summed E-state index contributed by atoms with van der Waals surface area (Å²) in [5, 5.41) is 0. The molecule has 2 saturated heterocycles. The SMILES string of the molecule is BN1CCC[C@H]1COc1cncc(N2CCC(CCOCc3ccc(C)cc3)CC2)c1. The quantitative estimate of drug-likeness (QED) is 0.457. The zero-order chi connectivity index (χ0) is 21.5. The number of hydrogen-bond donors (Lipinski definition) is 0. The van der Waals surface area contributed by atoms with Gasteiger partial charge in [0, 0.05) is 31.8 Å². The molecule has 5 nitrogen and oxygen atoms in total. The average molecular weight is 421 g/mol. The lowest BCUT2D eigenvalue weighted by Gasteiger charge is -2.33. The maximum Gasteiger partial charge on any atom is 0.185 e. The van der Waals surface area contributed by atoms with Crippen LogP contribution in [-0.2, 0) is 11.3 Å². The number of aromatic nitrogens is 1. The van der Waals surface area contributed by atoms with Gasteiger partial charge in [0.1, 0.15) is 12.4 Å². The van der Waals surface area contributed by atoms with E-state index in [4.69, 9.17) is 9.47 Å². The molecule has 0 spiro atoms. The third-order valence-electron chi connectivity index (χ3n) is 6.85. The fraction of sp³-hybridized carbons (Fsp3) is 0.560. The van der Waals surface area contributed by atoms with Gasteiger partial charge >= 0.3 is 0 Å². The molecular formula is C25H36BN3O2. The van der Waals surface area contributed by atoms with Crippen molar-refractivity contribution in [3.63, 3.8) is 0 Å². The monoisotopic (exact) mass is 421 g/mol. The molecule has 1 aromatic heterocycles. The van der Waals surface area contributed by atoms with E-state index in [0.717, 1.165) is 44.4 Å². The van der Waals surface area contributed by atoms with Crippen LogP contribution in [0.3, 0.4) is 0 Å². The van der Waals surface area contributed by atoms with Gasteiger partial charge in [-0.3, -0.25) is 4.98 Å². The van der Waals surface area contributed by atoms with Crippen LogP contribution in [0.15, 0.2) is 42.7 Å². The third-order valence-corrected chi connectivity index (χ3v) is 6.85. The molecule has 1 aromatic carbocycles. The Hall–Kier alpha value is -2.05. The summed E-state index contributed by atoms with van der Waals surface area (Å²) in [4.78, 5) is 9.28. The highest BCUT2D eigenvalue weighted by molar-refractivity contribution is 6.04. The first-order valence-corrected chi connectivity index (χ1v) is 11.8. The van der Waals surface area contributed by atoms with Gasteiger partial charge in [0.25, 0.3) is 0 Å². The van der Waals surface area contributed by atoms with E-state index >= 15 is 0 Å². The van der Waals surface area contributed by atoms with Crippen LogP contribution >= 0.6 is 0 Å². The highest BCUT2D eigenvalue weighted by Crippen LogP contribution is 2.27. The van der Waals surface area contributed by atoms with Gasteiger partial charge in [0.05, 0.1) is 24.7 Å². The van der Waals surface area contributed by atoms with Crippen molar-refractivity contribution in [3.05, 3.63) is 53.9 Å². The average Bonchev–Trinajstić information content (AvgIpc) is 3.22. The van der Waals surface area contributed by atoms with Crippen molar-refractivity contribution in [1.82, 2.24) is 9.79 Å². The first-order chi connectivity index (χ1) is 15.2. The van der Waals surface area contributed by atoms with Gasteiger partial charge in [-0.1, -0.05) is 29.8 Å². The van der Waals surface area contributed by atoms with E-state index in [1.54, 1.807) is 0 Å². The van der Waals surface area contributed by atoms with Gasteiger partial charge in [-0.05, 0) is 57.1 Å². The maximum absolute atomic E-state index is 6.07. The molecule has 1 atom stereocenters. The van der Waals surface area contributed by atoms with E-state index < -0.39 is 0 Å². The van der Waals surface area contributed by atoms with Gasteiger partial charge < -0.3 is 19.2 Å². The minimum atomic E-state index is 0.535. The summed E-state index contributed by atoms with van der Waals surface area (Å²) >= 11 is 0. The molecule has 166 valence electrons. The highest BCUT2D eigenvalue weighted by Gasteiger charge is 2.22. The number of anilines is 1. The maximum atomic E-state index is 6.07. The van der Waals surface area contributed by atoms with E-state index in [0.29, 0.717) is 12.6 Å². The molecule has 0 N–H and O–H groups in total. The summed E-state index contributed by atoms with van der Waals surface area (Å²) in [7, 11) is 2.19. The predicted octanol–water partition coefficient (Wildman–Crippen LogP) is 3.60. The lowest BCUT2D eigenvalue weighted by Crippen LogP contribution is -2.34.